The van der Waals surface area contributed by atoms with E-state index in [1.54, 1.807) is 22.8 Å². The van der Waals surface area contributed by atoms with Gasteiger partial charge in [-0.2, -0.15) is 0 Å². The number of carbonyl (C=O) groups excluding carboxylic acids is 4. The molecule has 2 aliphatic heterocycles. The molecule has 0 radical (unpaired) electrons. The van der Waals surface area contributed by atoms with E-state index >= 15 is 0 Å². The molecule has 1 aromatic carbocycles. The Kier molecular flexibility index (Phi) is 6.14. The van der Waals surface area contributed by atoms with Gasteiger partial charge < -0.3 is 15.1 Å². The Morgan fingerprint density at radius 2 is 1.87 bits per heavy atom. The van der Waals surface area contributed by atoms with Crippen LogP contribution in [0.2, 0.25) is 0 Å². The van der Waals surface area contributed by atoms with Gasteiger partial charge in [0.05, 0.1) is 0 Å². The van der Waals surface area contributed by atoms with E-state index in [1.165, 1.54) is 26.1 Å². The summed E-state index contributed by atoms with van der Waals surface area (Å²) in [5, 5.41) is 2.60. The summed E-state index contributed by atoms with van der Waals surface area (Å²) in [7, 11) is 1.44. The van der Waals surface area contributed by atoms with Gasteiger partial charge in [-0.1, -0.05) is 12.1 Å². The summed E-state index contributed by atoms with van der Waals surface area (Å²) < 4.78 is 13.4. The van der Waals surface area contributed by atoms with Crippen molar-refractivity contribution in [2.24, 2.45) is 4.99 Å². The second kappa shape index (κ2) is 8.60. The summed E-state index contributed by atoms with van der Waals surface area (Å²) in [4.78, 5) is 57.7. The van der Waals surface area contributed by atoms with Crippen LogP contribution < -0.4 is 5.32 Å². The van der Waals surface area contributed by atoms with Crippen LogP contribution in [0.3, 0.4) is 0 Å². The van der Waals surface area contributed by atoms with Crippen molar-refractivity contribution in [3.8, 4) is 0 Å². The first-order valence-electron chi connectivity index (χ1n) is 9.62. The number of guanidine groups is 1. The molecule has 0 saturated carbocycles. The van der Waals surface area contributed by atoms with Crippen LogP contribution in [0.25, 0.3) is 0 Å². The molecule has 0 aromatic heterocycles. The molecule has 10 heteroatoms. The zero-order valence-electron chi connectivity index (χ0n) is 17.1. The molecule has 2 aliphatic rings. The molecular formula is C20H24FN5O4. The van der Waals surface area contributed by atoms with Gasteiger partial charge in [0.15, 0.2) is 6.04 Å². The molecule has 160 valence electrons. The van der Waals surface area contributed by atoms with E-state index in [9.17, 15) is 23.6 Å². The Bertz CT molecular complexity index is 924. The molecule has 1 unspecified atom stereocenters. The van der Waals surface area contributed by atoms with Crippen LogP contribution in [0.4, 0.5) is 4.39 Å². The lowest BCUT2D eigenvalue weighted by molar-refractivity contribution is -0.145. The zero-order valence-corrected chi connectivity index (χ0v) is 17.1. The van der Waals surface area contributed by atoms with Crippen molar-refractivity contribution >= 4 is 29.5 Å². The number of piperazine rings is 1. The maximum Gasteiger partial charge on any atom is 0.299 e. The lowest BCUT2D eigenvalue weighted by Gasteiger charge is -2.39. The number of amides is 3. The first kappa shape index (κ1) is 21.4. The fourth-order valence-corrected chi connectivity index (χ4v) is 3.43. The number of nitrogens with zero attached hydrogens (tertiary/aromatic N) is 4. The summed E-state index contributed by atoms with van der Waals surface area (Å²) in [5.74, 6) is -2.56. The van der Waals surface area contributed by atoms with E-state index in [4.69, 9.17) is 0 Å². The summed E-state index contributed by atoms with van der Waals surface area (Å²) in [6.45, 7) is 4.99. The Morgan fingerprint density at radius 3 is 2.47 bits per heavy atom. The molecule has 1 aromatic rings. The van der Waals surface area contributed by atoms with E-state index in [0.29, 0.717) is 37.3 Å². The number of halogens is 1. The normalized spacial score (nSPS) is 19.7. The van der Waals surface area contributed by atoms with Gasteiger partial charge in [-0.15, -0.1) is 0 Å². The van der Waals surface area contributed by atoms with Gasteiger partial charge >= 0.3 is 0 Å². The number of Topliss-reactive ketones (excluding diaryl/α,β-unsaturated/α-hetero) is 1. The number of nitrogens with one attached hydrogen (secondary N) is 1. The molecule has 30 heavy (non-hydrogen) atoms. The monoisotopic (exact) mass is 417 g/mol. The number of hydrogen-bond donors (Lipinski definition) is 1. The third kappa shape index (κ3) is 4.32. The Hall–Kier alpha value is -3.30. The maximum absolute atomic E-state index is 13.4. The zero-order chi connectivity index (χ0) is 22.0. The third-order valence-corrected chi connectivity index (χ3v) is 5.25. The lowest BCUT2D eigenvalue weighted by Crippen LogP contribution is -2.60. The molecule has 3 amide bonds. The SMILES string of the molecule is CC(=O)N1CCN(C2=NC(C(=O)NCc3ccc(F)c(C)c3)C(=O)C(=O)N2C)CC1. The quantitative estimate of drug-likeness (QED) is 0.537. The third-order valence-electron chi connectivity index (χ3n) is 5.25. The number of benzene rings is 1. The van der Waals surface area contributed by atoms with E-state index in [0.717, 1.165) is 4.90 Å². The summed E-state index contributed by atoms with van der Waals surface area (Å²) in [5.41, 5.74) is 1.11. The standard InChI is InChI=1S/C20H24FN5O4/c1-12-10-14(4-5-15(12)21)11-22-18(29)16-17(28)19(30)24(3)20(23-16)26-8-6-25(7-9-26)13(2)27/h4-5,10,16H,6-9,11H2,1-3H3,(H,22,29). The first-order valence-corrected chi connectivity index (χ1v) is 9.62. The Labute approximate surface area is 173 Å². The average molecular weight is 417 g/mol. The number of carbonyl (C=O) groups is 4. The topological polar surface area (TPSA) is 102 Å². The fourth-order valence-electron chi connectivity index (χ4n) is 3.43. The highest BCUT2D eigenvalue weighted by atomic mass is 19.1. The highest BCUT2D eigenvalue weighted by Gasteiger charge is 2.41. The first-order chi connectivity index (χ1) is 14.2. The van der Waals surface area contributed by atoms with Gasteiger partial charge in [0.1, 0.15) is 5.82 Å². The van der Waals surface area contributed by atoms with E-state index in [1.807, 2.05) is 0 Å². The number of hydrogen-bond acceptors (Lipinski definition) is 6. The van der Waals surface area contributed by atoms with Crippen LogP contribution in [0.1, 0.15) is 18.1 Å². The Morgan fingerprint density at radius 1 is 1.20 bits per heavy atom. The van der Waals surface area contributed by atoms with Crippen molar-refractivity contribution in [3.05, 3.63) is 35.1 Å². The van der Waals surface area contributed by atoms with Gasteiger partial charge in [0, 0.05) is 46.7 Å². The van der Waals surface area contributed by atoms with Crippen molar-refractivity contribution < 1.29 is 23.6 Å². The van der Waals surface area contributed by atoms with Crippen molar-refractivity contribution in [2.75, 3.05) is 33.2 Å². The Balaban J connectivity index is 1.73. The van der Waals surface area contributed by atoms with E-state index in [-0.39, 0.29) is 24.2 Å². The van der Waals surface area contributed by atoms with Crippen LogP contribution in [-0.2, 0) is 25.7 Å². The van der Waals surface area contributed by atoms with Gasteiger partial charge in [0.25, 0.3) is 17.6 Å². The molecule has 1 N–H and O–H groups in total. The van der Waals surface area contributed by atoms with Crippen LogP contribution >= 0.6 is 0 Å². The molecule has 0 bridgehead atoms. The number of ketones is 1. The summed E-state index contributed by atoms with van der Waals surface area (Å²) >= 11 is 0. The number of likely N-dealkylation sites (N-methyl/N-ethyl adjacent to an activating group) is 1. The van der Waals surface area contributed by atoms with Crippen molar-refractivity contribution in [3.63, 3.8) is 0 Å². The molecule has 0 aliphatic carbocycles. The number of aliphatic imine (C=N–C) groups is 1. The van der Waals surface area contributed by atoms with Crippen molar-refractivity contribution in [2.45, 2.75) is 26.4 Å². The minimum atomic E-state index is -1.48. The molecule has 2 heterocycles. The molecular weight excluding hydrogens is 393 g/mol. The van der Waals surface area contributed by atoms with Crippen LogP contribution in [0, 0.1) is 12.7 Å². The maximum atomic E-state index is 13.4. The van der Waals surface area contributed by atoms with Crippen LogP contribution in [0.15, 0.2) is 23.2 Å². The van der Waals surface area contributed by atoms with Crippen LogP contribution in [-0.4, -0.2) is 83.4 Å². The minimum absolute atomic E-state index is 0.0341. The van der Waals surface area contributed by atoms with Gasteiger partial charge in [0.2, 0.25) is 11.9 Å². The molecule has 9 nitrogen and oxygen atoms in total. The second-order valence-corrected chi connectivity index (χ2v) is 7.35. The van der Waals surface area contributed by atoms with Crippen molar-refractivity contribution in [1.29, 1.82) is 0 Å². The molecule has 1 saturated heterocycles. The van der Waals surface area contributed by atoms with E-state index in [2.05, 4.69) is 10.3 Å². The fraction of sp³-hybridized carbons (Fsp3) is 0.450. The lowest BCUT2D eigenvalue weighted by atomic mass is 10.1. The predicted octanol–water partition coefficient (Wildman–Crippen LogP) is -0.320. The average Bonchev–Trinajstić information content (AvgIpc) is 2.73. The number of aryl methyl sites for hydroxylation is 1. The second-order valence-electron chi connectivity index (χ2n) is 7.35. The molecule has 3 rings (SSSR count). The van der Waals surface area contributed by atoms with Gasteiger partial charge in [-0.25, -0.2) is 9.38 Å². The largest absolute Gasteiger partial charge is 0.350 e. The molecule has 0 spiro atoms. The van der Waals surface area contributed by atoms with Gasteiger partial charge in [-0.3, -0.25) is 24.1 Å². The minimum Gasteiger partial charge on any atom is -0.350 e. The highest BCUT2D eigenvalue weighted by molar-refractivity contribution is 6.45. The molecule has 1 fully saturated rings. The predicted molar refractivity (Wildman–Crippen MR) is 106 cm³/mol. The summed E-state index contributed by atoms with van der Waals surface area (Å²) in [6, 6.07) is 2.96. The van der Waals surface area contributed by atoms with Crippen LogP contribution in [0.5, 0.6) is 0 Å². The van der Waals surface area contributed by atoms with Gasteiger partial charge in [-0.05, 0) is 24.1 Å². The summed E-state index contributed by atoms with van der Waals surface area (Å²) in [6.07, 6.45) is 0. The number of rotatable bonds is 3. The highest BCUT2D eigenvalue weighted by Crippen LogP contribution is 2.14. The smallest absolute Gasteiger partial charge is 0.299 e. The van der Waals surface area contributed by atoms with E-state index < -0.39 is 23.6 Å². The van der Waals surface area contributed by atoms with Crippen molar-refractivity contribution in [1.82, 2.24) is 20.0 Å². The molecule has 1 atom stereocenters.